The van der Waals surface area contributed by atoms with Gasteiger partial charge in [-0.1, -0.05) is 30.3 Å². The van der Waals surface area contributed by atoms with Crippen LogP contribution in [0.15, 0.2) is 60.8 Å². The van der Waals surface area contributed by atoms with Crippen molar-refractivity contribution in [2.24, 2.45) is 0 Å². The number of piperazine rings is 1. The monoisotopic (exact) mass is 461 g/mol. The van der Waals surface area contributed by atoms with E-state index in [2.05, 4.69) is 78.7 Å². The molecule has 2 N–H and O–H groups in total. The minimum absolute atomic E-state index is 0.156. The number of anilines is 4. The zero-order valence-electron chi connectivity index (χ0n) is 19.6. The molecule has 0 bridgehead atoms. The first kappa shape index (κ1) is 22.6. The summed E-state index contributed by atoms with van der Waals surface area (Å²) in [6.45, 7) is 6.95. The van der Waals surface area contributed by atoms with Gasteiger partial charge in [0.1, 0.15) is 0 Å². The summed E-state index contributed by atoms with van der Waals surface area (Å²) in [5.41, 5.74) is 3.38. The molecule has 34 heavy (non-hydrogen) atoms. The van der Waals surface area contributed by atoms with Crippen molar-refractivity contribution >= 4 is 23.1 Å². The molecule has 0 aliphatic carbocycles. The van der Waals surface area contributed by atoms with Crippen molar-refractivity contribution in [3.8, 4) is 0 Å². The molecule has 3 aromatic rings. The van der Waals surface area contributed by atoms with E-state index in [1.165, 1.54) is 17.4 Å². The molecule has 2 fully saturated rings. The third-order valence-corrected chi connectivity index (χ3v) is 6.60. The summed E-state index contributed by atoms with van der Waals surface area (Å²) in [5, 5.41) is 6.50. The quantitative estimate of drug-likeness (QED) is 0.555. The number of hydrogen-bond donors (Lipinski definition) is 2. The van der Waals surface area contributed by atoms with Crippen molar-refractivity contribution in [3.05, 3.63) is 72.2 Å². The lowest BCUT2D eigenvalue weighted by Gasteiger charge is -2.34. The maximum Gasteiger partial charge on any atom is 0.229 e. The summed E-state index contributed by atoms with van der Waals surface area (Å²) in [5.74, 6) is 0.200. The summed E-state index contributed by atoms with van der Waals surface area (Å²) in [7, 11) is 2.16. The van der Waals surface area contributed by atoms with Gasteiger partial charge in [0, 0.05) is 63.2 Å². The van der Waals surface area contributed by atoms with Crippen LogP contribution in [0.1, 0.15) is 12.0 Å². The number of aromatic nitrogens is 2. The molecular weight excluding hydrogens is 429 g/mol. The molecule has 0 amide bonds. The first-order chi connectivity index (χ1) is 16.6. The normalized spacial score (nSPS) is 19.4. The van der Waals surface area contributed by atoms with Crippen molar-refractivity contribution in [2.45, 2.75) is 19.0 Å². The van der Waals surface area contributed by atoms with Crippen molar-refractivity contribution in [1.82, 2.24) is 19.8 Å². The van der Waals surface area contributed by atoms with Gasteiger partial charge in [0.05, 0.1) is 6.20 Å². The number of likely N-dealkylation sites (tertiary alicyclic amines) is 1. The Morgan fingerprint density at radius 2 is 1.74 bits per heavy atom. The van der Waals surface area contributed by atoms with E-state index in [0.717, 1.165) is 57.9 Å². The van der Waals surface area contributed by atoms with E-state index < -0.39 is 5.82 Å². The lowest BCUT2D eigenvalue weighted by molar-refractivity contribution is 0.313. The molecule has 1 aromatic heterocycles. The van der Waals surface area contributed by atoms with Crippen LogP contribution in [0.2, 0.25) is 0 Å². The van der Waals surface area contributed by atoms with Crippen molar-refractivity contribution < 1.29 is 4.39 Å². The first-order valence-corrected chi connectivity index (χ1v) is 12.0. The van der Waals surface area contributed by atoms with E-state index in [1.807, 2.05) is 18.2 Å². The fraction of sp³-hybridized carbons (Fsp3) is 0.385. The average molecular weight is 462 g/mol. The number of nitrogens with one attached hydrogen (secondary N) is 2. The molecule has 7 nitrogen and oxygen atoms in total. The number of halogens is 1. The zero-order chi connectivity index (χ0) is 23.3. The minimum atomic E-state index is -0.433. The Bertz CT molecular complexity index is 1070. The van der Waals surface area contributed by atoms with Gasteiger partial charge in [-0.3, -0.25) is 4.90 Å². The Labute approximate surface area is 200 Å². The molecule has 0 spiro atoms. The molecule has 5 rings (SSSR count). The van der Waals surface area contributed by atoms with Gasteiger partial charge in [0.25, 0.3) is 0 Å². The topological polar surface area (TPSA) is 59.6 Å². The van der Waals surface area contributed by atoms with Crippen LogP contribution < -0.4 is 15.5 Å². The maximum atomic E-state index is 14.5. The van der Waals surface area contributed by atoms with Gasteiger partial charge >= 0.3 is 0 Å². The Hall–Kier alpha value is -3.23. The molecular formula is C26H32FN7. The highest BCUT2D eigenvalue weighted by Crippen LogP contribution is 2.23. The van der Waals surface area contributed by atoms with Crippen LogP contribution >= 0.6 is 0 Å². The number of likely N-dealkylation sites (N-methyl/N-ethyl adjacent to an activating group) is 1. The number of benzene rings is 2. The minimum Gasteiger partial charge on any atom is -0.369 e. The van der Waals surface area contributed by atoms with Crippen LogP contribution in [-0.2, 0) is 6.54 Å². The molecule has 0 radical (unpaired) electrons. The van der Waals surface area contributed by atoms with E-state index >= 15 is 0 Å². The van der Waals surface area contributed by atoms with Crippen LogP contribution in [-0.4, -0.2) is 72.1 Å². The molecule has 2 aromatic carbocycles. The van der Waals surface area contributed by atoms with Gasteiger partial charge in [-0.05, 0) is 43.3 Å². The second kappa shape index (κ2) is 10.4. The Balaban J connectivity index is 1.18. The smallest absolute Gasteiger partial charge is 0.229 e. The van der Waals surface area contributed by atoms with Gasteiger partial charge in [-0.2, -0.15) is 4.98 Å². The fourth-order valence-electron chi connectivity index (χ4n) is 4.61. The fourth-order valence-corrected chi connectivity index (χ4v) is 4.61. The van der Waals surface area contributed by atoms with E-state index in [9.17, 15) is 4.39 Å². The lowest BCUT2D eigenvalue weighted by Crippen LogP contribution is -2.44. The third-order valence-electron chi connectivity index (χ3n) is 6.60. The maximum absolute atomic E-state index is 14.5. The Kier molecular flexibility index (Phi) is 6.87. The van der Waals surface area contributed by atoms with Gasteiger partial charge in [0.2, 0.25) is 5.95 Å². The highest BCUT2D eigenvalue weighted by Gasteiger charge is 2.24. The highest BCUT2D eigenvalue weighted by atomic mass is 19.1. The van der Waals surface area contributed by atoms with E-state index in [-0.39, 0.29) is 11.9 Å². The van der Waals surface area contributed by atoms with Crippen molar-refractivity contribution in [1.29, 1.82) is 0 Å². The molecule has 1 atom stereocenters. The second-order valence-corrected chi connectivity index (χ2v) is 9.20. The lowest BCUT2D eigenvalue weighted by atomic mass is 10.2. The molecule has 178 valence electrons. The molecule has 1 unspecified atom stereocenters. The first-order valence-electron chi connectivity index (χ1n) is 12.0. The van der Waals surface area contributed by atoms with Crippen molar-refractivity contribution in [2.75, 3.05) is 61.8 Å². The highest BCUT2D eigenvalue weighted by molar-refractivity contribution is 5.60. The molecule has 2 saturated heterocycles. The predicted octanol–water partition coefficient (Wildman–Crippen LogP) is 3.80. The molecule has 8 heteroatoms. The number of rotatable bonds is 7. The largest absolute Gasteiger partial charge is 0.369 e. The summed E-state index contributed by atoms with van der Waals surface area (Å²) < 4.78 is 14.5. The van der Waals surface area contributed by atoms with Crippen LogP contribution in [0.5, 0.6) is 0 Å². The van der Waals surface area contributed by atoms with Crippen LogP contribution in [0.25, 0.3) is 0 Å². The number of hydrogen-bond acceptors (Lipinski definition) is 7. The number of nitrogens with zero attached hydrogens (tertiary/aromatic N) is 5. The molecule has 0 saturated carbocycles. The summed E-state index contributed by atoms with van der Waals surface area (Å²) in [6.07, 6.45) is 2.18. The van der Waals surface area contributed by atoms with Gasteiger partial charge in [-0.15, -0.1) is 0 Å². The van der Waals surface area contributed by atoms with Gasteiger partial charge in [-0.25, -0.2) is 9.37 Å². The second-order valence-electron chi connectivity index (χ2n) is 9.20. The molecule has 2 aliphatic rings. The Morgan fingerprint density at radius 3 is 2.50 bits per heavy atom. The SMILES string of the molecule is CN1CCN(c2ccc(Nc3ncc(F)c(NC4CCN(Cc5ccccc5)C4)n3)cc2)CC1. The average Bonchev–Trinajstić information content (AvgIpc) is 3.29. The predicted molar refractivity (Wildman–Crippen MR) is 135 cm³/mol. The van der Waals surface area contributed by atoms with E-state index in [4.69, 9.17) is 0 Å². The van der Waals surface area contributed by atoms with E-state index in [0.29, 0.717) is 5.95 Å². The van der Waals surface area contributed by atoms with Gasteiger partial charge in [0.15, 0.2) is 11.6 Å². The summed E-state index contributed by atoms with van der Waals surface area (Å²) in [6, 6.07) is 18.8. The van der Waals surface area contributed by atoms with E-state index in [1.54, 1.807) is 0 Å². The van der Waals surface area contributed by atoms with Crippen molar-refractivity contribution in [3.63, 3.8) is 0 Å². The summed E-state index contributed by atoms with van der Waals surface area (Å²) >= 11 is 0. The van der Waals surface area contributed by atoms with Crippen LogP contribution in [0.4, 0.5) is 27.5 Å². The van der Waals surface area contributed by atoms with Crippen LogP contribution in [0.3, 0.4) is 0 Å². The molecule has 3 heterocycles. The van der Waals surface area contributed by atoms with Gasteiger partial charge < -0.3 is 20.4 Å². The third kappa shape index (κ3) is 5.63. The Morgan fingerprint density at radius 1 is 0.971 bits per heavy atom. The molecule has 2 aliphatic heterocycles. The summed E-state index contributed by atoms with van der Waals surface area (Å²) in [4.78, 5) is 15.7. The zero-order valence-corrected chi connectivity index (χ0v) is 19.6. The van der Waals surface area contributed by atoms with Crippen LogP contribution in [0, 0.1) is 5.82 Å². The standard InChI is InChI=1S/C26H32FN7/c1-32-13-15-34(16-14-32)23-9-7-21(8-10-23)30-26-28-17-24(27)25(31-26)29-22-11-12-33(19-22)18-20-5-3-2-4-6-20/h2-10,17,22H,11-16,18-19H2,1H3,(H2,28,29,30,31).